The molecule has 1 amide bonds. The molecule has 0 aliphatic rings. The van der Waals surface area contributed by atoms with Gasteiger partial charge in [0.05, 0.1) is 0 Å². The molecule has 0 spiro atoms. The van der Waals surface area contributed by atoms with E-state index in [2.05, 4.69) is 10.4 Å². The summed E-state index contributed by atoms with van der Waals surface area (Å²) in [4.78, 5) is 24.1. The number of rotatable bonds is 6. The molecule has 0 aliphatic carbocycles. The van der Waals surface area contributed by atoms with Crippen molar-refractivity contribution in [3.8, 4) is 5.69 Å². The minimum Gasteiger partial charge on any atom is -0.351 e. The second-order valence-electron chi connectivity index (χ2n) is 5.11. The van der Waals surface area contributed by atoms with Gasteiger partial charge < -0.3 is 11.1 Å². The predicted molar refractivity (Wildman–Crippen MR) is 85.2 cm³/mol. The van der Waals surface area contributed by atoms with Gasteiger partial charge in [-0.25, -0.2) is 9.07 Å². The summed E-state index contributed by atoms with van der Waals surface area (Å²) in [5.74, 6) is -1.06. The number of halogens is 1. The van der Waals surface area contributed by atoms with E-state index in [0.717, 1.165) is 12.8 Å². The minimum atomic E-state index is -0.572. The summed E-state index contributed by atoms with van der Waals surface area (Å²) in [6, 6.07) is 7.31. The van der Waals surface area contributed by atoms with Gasteiger partial charge in [-0.2, -0.15) is 5.10 Å². The van der Waals surface area contributed by atoms with Gasteiger partial charge in [-0.05, 0) is 38.4 Å². The molecule has 6 nitrogen and oxygen atoms in total. The summed E-state index contributed by atoms with van der Waals surface area (Å²) in [6.07, 6.45) is 1.50. The predicted octanol–water partition coefficient (Wildman–Crippen LogP) is 1.15. The standard InChI is InChI=1S/C16H19FN4O2/c1-11-10-14(22)15(16(23)19-9-5-4-8-18)20-21(11)13-7-3-2-6-12(13)17/h2-3,6-7,10H,4-5,8-9,18H2,1H3,(H,19,23). The Morgan fingerprint density at radius 1 is 1.35 bits per heavy atom. The molecular weight excluding hydrogens is 299 g/mol. The van der Waals surface area contributed by atoms with Gasteiger partial charge in [-0.3, -0.25) is 9.59 Å². The van der Waals surface area contributed by atoms with Crippen LogP contribution in [0.3, 0.4) is 0 Å². The third-order valence-corrected chi connectivity index (χ3v) is 3.32. The Morgan fingerprint density at radius 2 is 2.09 bits per heavy atom. The Kier molecular flexibility index (Phi) is 5.59. The summed E-state index contributed by atoms with van der Waals surface area (Å²) >= 11 is 0. The van der Waals surface area contributed by atoms with Crippen molar-refractivity contribution in [1.29, 1.82) is 0 Å². The van der Waals surface area contributed by atoms with E-state index in [-0.39, 0.29) is 11.4 Å². The summed E-state index contributed by atoms with van der Waals surface area (Å²) in [6.45, 7) is 2.58. The molecule has 1 aromatic heterocycles. The van der Waals surface area contributed by atoms with Crippen molar-refractivity contribution < 1.29 is 9.18 Å². The first-order valence-electron chi connectivity index (χ1n) is 7.38. The number of amides is 1. The fraction of sp³-hybridized carbons (Fsp3) is 0.312. The molecule has 0 saturated heterocycles. The van der Waals surface area contributed by atoms with Crippen molar-refractivity contribution in [2.24, 2.45) is 5.73 Å². The molecule has 0 unspecified atom stereocenters. The van der Waals surface area contributed by atoms with Crippen LogP contribution in [0.15, 0.2) is 35.1 Å². The Hall–Kier alpha value is -2.54. The maximum atomic E-state index is 13.9. The van der Waals surface area contributed by atoms with Crippen LogP contribution in [0.2, 0.25) is 0 Å². The SMILES string of the molecule is Cc1cc(=O)c(C(=O)NCCCCN)nn1-c1ccccc1F. The van der Waals surface area contributed by atoms with Gasteiger partial charge in [0.1, 0.15) is 11.5 Å². The highest BCUT2D eigenvalue weighted by atomic mass is 19.1. The zero-order valence-electron chi connectivity index (χ0n) is 12.9. The maximum absolute atomic E-state index is 13.9. The average molecular weight is 318 g/mol. The number of aryl methyl sites for hydroxylation is 1. The lowest BCUT2D eigenvalue weighted by molar-refractivity contribution is 0.0945. The lowest BCUT2D eigenvalue weighted by atomic mass is 10.2. The monoisotopic (exact) mass is 318 g/mol. The number of hydrogen-bond acceptors (Lipinski definition) is 4. The molecule has 7 heteroatoms. The number of carbonyl (C=O) groups is 1. The van der Waals surface area contributed by atoms with E-state index in [1.807, 2.05) is 0 Å². The van der Waals surface area contributed by atoms with Gasteiger partial charge in [0.2, 0.25) is 5.43 Å². The highest BCUT2D eigenvalue weighted by Crippen LogP contribution is 2.12. The van der Waals surface area contributed by atoms with Crippen molar-refractivity contribution in [2.45, 2.75) is 19.8 Å². The Morgan fingerprint density at radius 3 is 2.78 bits per heavy atom. The molecule has 0 atom stereocenters. The van der Waals surface area contributed by atoms with Crippen molar-refractivity contribution in [1.82, 2.24) is 15.1 Å². The molecule has 2 aromatic rings. The highest BCUT2D eigenvalue weighted by molar-refractivity contribution is 5.92. The lowest BCUT2D eigenvalue weighted by Gasteiger charge is -2.12. The second kappa shape index (κ2) is 7.64. The molecular formula is C16H19FN4O2. The van der Waals surface area contributed by atoms with Crippen LogP contribution in [-0.4, -0.2) is 28.8 Å². The number of para-hydroxylation sites is 1. The molecule has 0 aliphatic heterocycles. The minimum absolute atomic E-state index is 0.183. The van der Waals surface area contributed by atoms with E-state index in [4.69, 9.17) is 5.73 Å². The van der Waals surface area contributed by atoms with Crippen molar-refractivity contribution in [3.63, 3.8) is 0 Å². The van der Waals surface area contributed by atoms with Crippen LogP contribution in [-0.2, 0) is 0 Å². The summed E-state index contributed by atoms with van der Waals surface area (Å²) in [5, 5.41) is 6.65. The van der Waals surface area contributed by atoms with Crippen LogP contribution < -0.4 is 16.5 Å². The first kappa shape index (κ1) is 16.8. The maximum Gasteiger partial charge on any atom is 0.275 e. The molecule has 2 rings (SSSR count). The number of unbranched alkanes of at least 4 members (excludes halogenated alkanes) is 1. The molecule has 23 heavy (non-hydrogen) atoms. The number of benzene rings is 1. The quantitative estimate of drug-likeness (QED) is 0.782. The van der Waals surface area contributed by atoms with E-state index in [1.54, 1.807) is 19.1 Å². The van der Waals surface area contributed by atoms with Crippen LogP contribution in [0.5, 0.6) is 0 Å². The normalized spacial score (nSPS) is 10.6. The molecule has 3 N–H and O–H groups in total. The van der Waals surface area contributed by atoms with Crippen molar-refractivity contribution in [3.05, 3.63) is 57.8 Å². The summed E-state index contributed by atoms with van der Waals surface area (Å²) < 4.78 is 15.2. The van der Waals surface area contributed by atoms with Gasteiger partial charge in [-0.15, -0.1) is 0 Å². The lowest BCUT2D eigenvalue weighted by Crippen LogP contribution is -2.32. The van der Waals surface area contributed by atoms with Gasteiger partial charge in [-0.1, -0.05) is 12.1 Å². The van der Waals surface area contributed by atoms with Crippen molar-refractivity contribution >= 4 is 5.91 Å². The third kappa shape index (κ3) is 4.01. The van der Waals surface area contributed by atoms with E-state index in [0.29, 0.717) is 18.8 Å². The molecule has 1 heterocycles. The van der Waals surface area contributed by atoms with Crippen LogP contribution >= 0.6 is 0 Å². The summed E-state index contributed by atoms with van der Waals surface area (Å²) in [5.41, 5.74) is 5.26. The molecule has 0 radical (unpaired) electrons. The molecule has 0 fully saturated rings. The fourth-order valence-corrected chi connectivity index (χ4v) is 2.13. The van der Waals surface area contributed by atoms with Crippen LogP contribution in [0.4, 0.5) is 4.39 Å². The molecule has 122 valence electrons. The number of carbonyl (C=O) groups excluding carboxylic acids is 1. The number of nitrogens with one attached hydrogen (secondary N) is 1. The fourth-order valence-electron chi connectivity index (χ4n) is 2.13. The topological polar surface area (TPSA) is 90.0 Å². The number of aromatic nitrogens is 2. The van der Waals surface area contributed by atoms with E-state index < -0.39 is 17.2 Å². The molecule has 0 saturated carbocycles. The average Bonchev–Trinajstić information content (AvgIpc) is 2.52. The Labute approximate surface area is 133 Å². The highest BCUT2D eigenvalue weighted by Gasteiger charge is 2.16. The van der Waals surface area contributed by atoms with Crippen molar-refractivity contribution in [2.75, 3.05) is 13.1 Å². The summed E-state index contributed by atoms with van der Waals surface area (Å²) in [7, 11) is 0. The van der Waals surface area contributed by atoms with E-state index in [1.165, 1.54) is 22.9 Å². The van der Waals surface area contributed by atoms with E-state index >= 15 is 0 Å². The molecule has 0 bridgehead atoms. The van der Waals surface area contributed by atoms with Crippen LogP contribution in [0.25, 0.3) is 5.69 Å². The Balaban J connectivity index is 2.32. The number of nitrogens with two attached hydrogens (primary N) is 1. The zero-order valence-corrected chi connectivity index (χ0v) is 12.9. The third-order valence-electron chi connectivity index (χ3n) is 3.32. The van der Waals surface area contributed by atoms with Crippen LogP contribution in [0.1, 0.15) is 29.0 Å². The van der Waals surface area contributed by atoms with Gasteiger partial charge in [0, 0.05) is 18.3 Å². The second-order valence-corrected chi connectivity index (χ2v) is 5.11. The number of nitrogens with zero attached hydrogens (tertiary/aromatic N) is 2. The zero-order chi connectivity index (χ0) is 16.8. The first-order chi connectivity index (χ1) is 11.0. The van der Waals surface area contributed by atoms with Gasteiger partial charge >= 0.3 is 0 Å². The molecule has 1 aromatic carbocycles. The van der Waals surface area contributed by atoms with E-state index in [9.17, 15) is 14.0 Å². The van der Waals surface area contributed by atoms with Gasteiger partial charge in [0.25, 0.3) is 5.91 Å². The first-order valence-corrected chi connectivity index (χ1v) is 7.38. The van der Waals surface area contributed by atoms with Crippen LogP contribution in [0, 0.1) is 12.7 Å². The largest absolute Gasteiger partial charge is 0.351 e. The van der Waals surface area contributed by atoms with Gasteiger partial charge in [0.15, 0.2) is 5.69 Å². The number of hydrogen-bond donors (Lipinski definition) is 2. The Bertz CT molecular complexity index is 758. The smallest absolute Gasteiger partial charge is 0.275 e.